The highest BCUT2D eigenvalue weighted by molar-refractivity contribution is 7.17. The number of thiazole rings is 1. The number of anilines is 1. The molecule has 0 aliphatic rings. The number of carboxylic acids is 1. The molecule has 0 fully saturated rings. The van der Waals surface area contributed by atoms with E-state index in [1.165, 1.54) is 11.3 Å². The molecule has 1 aromatic carbocycles. The van der Waals surface area contributed by atoms with Gasteiger partial charge in [0.1, 0.15) is 5.15 Å². The van der Waals surface area contributed by atoms with Crippen molar-refractivity contribution in [3.63, 3.8) is 0 Å². The second-order valence-electron chi connectivity index (χ2n) is 5.30. The van der Waals surface area contributed by atoms with Gasteiger partial charge in [-0.1, -0.05) is 41.1 Å². The van der Waals surface area contributed by atoms with Crippen molar-refractivity contribution >= 4 is 57.1 Å². The Morgan fingerprint density at radius 3 is 2.67 bits per heavy atom. The van der Waals surface area contributed by atoms with Gasteiger partial charge in [-0.05, 0) is 24.3 Å². The Labute approximate surface area is 147 Å². The molecular formula is C17H14ClN3O2S. The van der Waals surface area contributed by atoms with Crippen molar-refractivity contribution in [2.45, 2.75) is 0 Å². The summed E-state index contributed by atoms with van der Waals surface area (Å²) < 4.78 is 0. The Kier molecular flexibility index (Phi) is 4.51. The number of benzene rings is 1. The van der Waals surface area contributed by atoms with Gasteiger partial charge in [0.25, 0.3) is 0 Å². The Hall–Kier alpha value is -2.44. The molecule has 0 atom stereocenters. The second-order valence-corrected chi connectivity index (χ2v) is 6.66. The van der Waals surface area contributed by atoms with Gasteiger partial charge in [-0.15, -0.1) is 0 Å². The Morgan fingerprint density at radius 1 is 1.25 bits per heavy atom. The van der Waals surface area contributed by atoms with Crippen LogP contribution in [0.5, 0.6) is 0 Å². The van der Waals surface area contributed by atoms with E-state index in [-0.39, 0.29) is 5.56 Å². The highest BCUT2D eigenvalue weighted by Gasteiger charge is 2.11. The lowest BCUT2D eigenvalue weighted by molar-refractivity contribution is 0.0699. The van der Waals surface area contributed by atoms with Gasteiger partial charge in [0.05, 0.1) is 21.7 Å². The summed E-state index contributed by atoms with van der Waals surface area (Å²) in [5.74, 6) is -0.978. The average Bonchev–Trinajstić information content (AvgIpc) is 2.93. The molecule has 0 saturated heterocycles. The van der Waals surface area contributed by atoms with Crippen LogP contribution in [0.15, 0.2) is 30.3 Å². The molecule has 0 aliphatic carbocycles. The standard InChI is InChI=1S/C17H14ClN3O2S/c1-21(2)17-20-15(18)14(24-17)8-7-10-9-12(16(22)23)11-5-3-4-6-13(11)19-10/h3-9H,1-2H3,(H,22,23). The molecule has 2 heterocycles. The molecule has 0 amide bonds. The van der Waals surface area contributed by atoms with Crippen LogP contribution in [0.2, 0.25) is 5.15 Å². The molecule has 1 N–H and O–H groups in total. The van der Waals surface area contributed by atoms with Crippen molar-refractivity contribution in [1.29, 1.82) is 0 Å². The van der Waals surface area contributed by atoms with Gasteiger partial charge in [0.2, 0.25) is 0 Å². The van der Waals surface area contributed by atoms with Crippen LogP contribution in [0.25, 0.3) is 23.1 Å². The number of aromatic nitrogens is 2. The molecule has 0 spiro atoms. The minimum Gasteiger partial charge on any atom is -0.478 e. The molecule has 0 aliphatic heterocycles. The van der Waals surface area contributed by atoms with E-state index in [4.69, 9.17) is 11.6 Å². The van der Waals surface area contributed by atoms with Crippen LogP contribution in [-0.4, -0.2) is 35.1 Å². The lowest BCUT2D eigenvalue weighted by atomic mass is 10.1. The zero-order chi connectivity index (χ0) is 17.3. The lowest BCUT2D eigenvalue weighted by Gasteiger charge is -2.04. The smallest absolute Gasteiger partial charge is 0.336 e. The first-order valence-corrected chi connectivity index (χ1v) is 8.30. The first-order valence-electron chi connectivity index (χ1n) is 7.10. The number of halogens is 1. The summed E-state index contributed by atoms with van der Waals surface area (Å²) in [4.78, 5) is 22.9. The third kappa shape index (κ3) is 3.25. The van der Waals surface area contributed by atoms with Gasteiger partial charge in [0.15, 0.2) is 5.13 Å². The predicted molar refractivity (Wildman–Crippen MR) is 99.1 cm³/mol. The zero-order valence-electron chi connectivity index (χ0n) is 13.0. The van der Waals surface area contributed by atoms with Crippen LogP contribution in [0.4, 0.5) is 5.13 Å². The van der Waals surface area contributed by atoms with Crippen LogP contribution in [-0.2, 0) is 0 Å². The summed E-state index contributed by atoms with van der Waals surface area (Å²) in [7, 11) is 3.79. The number of aromatic carboxylic acids is 1. The number of para-hydroxylation sites is 1. The molecule has 3 aromatic rings. The van der Waals surface area contributed by atoms with E-state index < -0.39 is 5.97 Å². The topological polar surface area (TPSA) is 66.3 Å². The van der Waals surface area contributed by atoms with Crippen LogP contribution in [0, 0.1) is 0 Å². The Balaban J connectivity index is 2.02. The van der Waals surface area contributed by atoms with Crippen LogP contribution in [0.1, 0.15) is 20.9 Å². The Morgan fingerprint density at radius 2 is 2.00 bits per heavy atom. The summed E-state index contributed by atoms with van der Waals surface area (Å²) in [6.45, 7) is 0. The minimum absolute atomic E-state index is 0.227. The SMILES string of the molecule is CN(C)c1nc(Cl)c(C=Cc2cc(C(=O)O)c3ccccc3n2)s1. The van der Waals surface area contributed by atoms with Gasteiger partial charge < -0.3 is 10.0 Å². The molecule has 122 valence electrons. The number of nitrogens with zero attached hydrogens (tertiary/aromatic N) is 3. The predicted octanol–water partition coefficient (Wildman–Crippen LogP) is 4.28. The summed E-state index contributed by atoms with van der Waals surface area (Å²) in [5, 5.41) is 11.3. The van der Waals surface area contributed by atoms with E-state index in [0.29, 0.717) is 21.7 Å². The maximum atomic E-state index is 11.5. The van der Waals surface area contributed by atoms with E-state index in [0.717, 1.165) is 10.0 Å². The summed E-state index contributed by atoms with van der Waals surface area (Å²) >= 11 is 7.59. The minimum atomic E-state index is -0.978. The zero-order valence-corrected chi connectivity index (χ0v) is 14.6. The number of carbonyl (C=O) groups is 1. The van der Waals surface area contributed by atoms with Gasteiger partial charge in [-0.3, -0.25) is 0 Å². The highest BCUT2D eigenvalue weighted by atomic mass is 35.5. The average molecular weight is 360 g/mol. The Bertz CT molecular complexity index is 950. The molecule has 7 heteroatoms. The number of pyridine rings is 1. The van der Waals surface area contributed by atoms with Crippen LogP contribution >= 0.6 is 22.9 Å². The van der Waals surface area contributed by atoms with Crippen molar-refractivity contribution in [3.8, 4) is 0 Å². The molecule has 0 bridgehead atoms. The number of hydrogen-bond acceptors (Lipinski definition) is 5. The number of carboxylic acid groups (broad SMARTS) is 1. The molecular weight excluding hydrogens is 346 g/mol. The van der Waals surface area contributed by atoms with Gasteiger partial charge in [-0.25, -0.2) is 14.8 Å². The van der Waals surface area contributed by atoms with Crippen molar-refractivity contribution in [3.05, 3.63) is 51.6 Å². The van der Waals surface area contributed by atoms with Gasteiger partial charge in [-0.2, -0.15) is 0 Å². The number of hydrogen-bond donors (Lipinski definition) is 1. The first-order chi connectivity index (χ1) is 11.5. The maximum Gasteiger partial charge on any atom is 0.336 e. The van der Waals surface area contributed by atoms with E-state index >= 15 is 0 Å². The third-order valence-corrected chi connectivity index (χ3v) is 4.94. The molecule has 5 nitrogen and oxygen atoms in total. The molecule has 24 heavy (non-hydrogen) atoms. The molecule has 0 radical (unpaired) electrons. The highest BCUT2D eigenvalue weighted by Crippen LogP contribution is 2.30. The van der Waals surface area contributed by atoms with E-state index in [2.05, 4.69) is 9.97 Å². The fourth-order valence-corrected chi connectivity index (χ4v) is 3.31. The summed E-state index contributed by atoms with van der Waals surface area (Å²) in [6, 6.07) is 8.73. The van der Waals surface area contributed by atoms with Crippen molar-refractivity contribution in [2.24, 2.45) is 0 Å². The van der Waals surface area contributed by atoms with Gasteiger partial charge in [0, 0.05) is 19.5 Å². The fraction of sp³-hybridized carbons (Fsp3) is 0.118. The summed E-state index contributed by atoms with van der Waals surface area (Å²) in [5.41, 5.74) is 1.42. The number of fused-ring (bicyclic) bond motifs is 1. The third-order valence-electron chi connectivity index (χ3n) is 3.35. The van der Waals surface area contributed by atoms with Crippen LogP contribution in [0.3, 0.4) is 0 Å². The van der Waals surface area contributed by atoms with Crippen molar-refractivity contribution in [1.82, 2.24) is 9.97 Å². The molecule has 0 saturated carbocycles. The lowest BCUT2D eigenvalue weighted by Crippen LogP contribution is -2.07. The normalized spacial score (nSPS) is 11.3. The number of rotatable bonds is 4. The summed E-state index contributed by atoms with van der Waals surface area (Å²) in [6.07, 6.45) is 3.55. The molecule has 2 aromatic heterocycles. The van der Waals surface area contributed by atoms with Crippen LogP contribution < -0.4 is 4.90 Å². The second kappa shape index (κ2) is 6.59. The maximum absolute atomic E-state index is 11.5. The van der Waals surface area contributed by atoms with Gasteiger partial charge >= 0.3 is 5.97 Å². The first kappa shape index (κ1) is 16.4. The fourth-order valence-electron chi connectivity index (χ4n) is 2.22. The van der Waals surface area contributed by atoms with E-state index in [9.17, 15) is 9.90 Å². The molecule has 3 rings (SSSR count). The molecule has 0 unspecified atom stereocenters. The van der Waals surface area contributed by atoms with Crippen molar-refractivity contribution < 1.29 is 9.90 Å². The quantitative estimate of drug-likeness (QED) is 0.753. The monoisotopic (exact) mass is 359 g/mol. The van der Waals surface area contributed by atoms with E-state index in [1.54, 1.807) is 36.4 Å². The largest absolute Gasteiger partial charge is 0.478 e. The van der Waals surface area contributed by atoms with E-state index in [1.807, 2.05) is 25.1 Å². The van der Waals surface area contributed by atoms with Crippen molar-refractivity contribution in [2.75, 3.05) is 19.0 Å².